The van der Waals surface area contributed by atoms with E-state index < -0.39 is 0 Å². The molecule has 8 nitrogen and oxygen atoms in total. The lowest BCUT2D eigenvalue weighted by molar-refractivity contribution is 0.117. The van der Waals surface area contributed by atoms with Gasteiger partial charge in [-0.3, -0.25) is 19.4 Å². The smallest absolute Gasteiger partial charge is 0.252 e. The summed E-state index contributed by atoms with van der Waals surface area (Å²) < 4.78 is 4.43. The molecule has 0 saturated carbocycles. The largest absolute Gasteiger partial charge is 0.364 e. The van der Waals surface area contributed by atoms with Crippen LogP contribution >= 0.6 is 11.3 Å². The van der Waals surface area contributed by atoms with Crippen LogP contribution in [0.5, 0.6) is 0 Å². The van der Waals surface area contributed by atoms with Gasteiger partial charge in [0, 0.05) is 49.2 Å². The first-order valence-electron chi connectivity index (χ1n) is 11.6. The number of nitriles is 1. The fourth-order valence-corrected chi connectivity index (χ4v) is 5.97. The molecule has 9 heteroatoms. The minimum absolute atomic E-state index is 0.0711. The van der Waals surface area contributed by atoms with Gasteiger partial charge in [-0.1, -0.05) is 0 Å². The van der Waals surface area contributed by atoms with Crippen LogP contribution in [0.3, 0.4) is 0 Å². The zero-order chi connectivity index (χ0) is 24.1. The van der Waals surface area contributed by atoms with Crippen LogP contribution in [0.1, 0.15) is 37.4 Å². The van der Waals surface area contributed by atoms with Gasteiger partial charge in [-0.15, -0.1) is 11.3 Å². The van der Waals surface area contributed by atoms with Crippen LogP contribution in [0, 0.1) is 18.3 Å². The van der Waals surface area contributed by atoms with Crippen LogP contribution in [-0.2, 0) is 13.6 Å². The predicted octanol–water partition coefficient (Wildman–Crippen LogP) is 3.84. The van der Waals surface area contributed by atoms with Crippen molar-refractivity contribution in [3.63, 3.8) is 0 Å². The van der Waals surface area contributed by atoms with E-state index in [0.717, 1.165) is 41.0 Å². The van der Waals surface area contributed by atoms with E-state index >= 15 is 0 Å². The van der Waals surface area contributed by atoms with Gasteiger partial charge in [-0.25, -0.2) is 0 Å². The lowest BCUT2D eigenvalue weighted by Gasteiger charge is -2.47. The standard InChI is InChI=1S/C25H29N7OS/c1-15-13-32(21-11-24(33)29(5)22-14-30(9-8-26)28-25(21)22)16(2)12-31(15)18(4)19-6-7-23-20(27-19)10-17(3)34-23/h6-7,10-11,14-16,18H,9,12-13H2,1-5H3/t15-,16+,18+/m1/s1. The van der Waals surface area contributed by atoms with E-state index in [9.17, 15) is 4.79 Å². The summed E-state index contributed by atoms with van der Waals surface area (Å²) in [6.07, 6.45) is 1.78. The molecule has 34 heavy (non-hydrogen) atoms. The molecule has 0 bridgehead atoms. The Morgan fingerprint density at radius 2 is 2.03 bits per heavy atom. The van der Waals surface area contributed by atoms with Gasteiger partial charge >= 0.3 is 0 Å². The molecule has 0 spiro atoms. The second-order valence-corrected chi connectivity index (χ2v) is 10.6. The molecule has 0 aliphatic carbocycles. The number of piperazine rings is 1. The zero-order valence-corrected chi connectivity index (χ0v) is 21.0. The maximum atomic E-state index is 12.7. The number of hydrogen-bond acceptors (Lipinski definition) is 7. The topological polar surface area (TPSA) is 83.0 Å². The molecular formula is C25H29N7OS. The van der Waals surface area contributed by atoms with Crippen molar-refractivity contribution in [3.05, 3.63) is 51.4 Å². The van der Waals surface area contributed by atoms with Gasteiger partial charge in [0.2, 0.25) is 0 Å². The van der Waals surface area contributed by atoms with Crippen molar-refractivity contribution in [2.24, 2.45) is 7.05 Å². The minimum Gasteiger partial charge on any atom is -0.364 e. The summed E-state index contributed by atoms with van der Waals surface area (Å²) in [5, 5.41) is 13.7. The Balaban J connectivity index is 1.45. The second-order valence-electron chi connectivity index (χ2n) is 9.35. The van der Waals surface area contributed by atoms with Crippen molar-refractivity contribution >= 4 is 38.3 Å². The molecule has 1 fully saturated rings. The third kappa shape index (κ3) is 3.77. The van der Waals surface area contributed by atoms with Gasteiger partial charge in [0.25, 0.3) is 5.56 Å². The van der Waals surface area contributed by atoms with Crippen molar-refractivity contribution in [2.45, 2.75) is 52.4 Å². The molecule has 176 valence electrons. The first kappa shape index (κ1) is 22.6. The Labute approximate surface area is 202 Å². The number of anilines is 1. The fraction of sp³-hybridized carbons (Fsp3) is 0.440. The third-order valence-electron chi connectivity index (χ3n) is 6.96. The van der Waals surface area contributed by atoms with Gasteiger partial charge in [0.05, 0.1) is 39.4 Å². The Morgan fingerprint density at radius 1 is 1.24 bits per heavy atom. The van der Waals surface area contributed by atoms with Crippen LogP contribution in [0.4, 0.5) is 5.69 Å². The van der Waals surface area contributed by atoms with Crippen molar-refractivity contribution in [2.75, 3.05) is 18.0 Å². The average Bonchev–Trinajstić information content (AvgIpc) is 3.39. The Kier molecular flexibility index (Phi) is 5.66. The van der Waals surface area contributed by atoms with Crippen molar-refractivity contribution in [3.8, 4) is 6.07 Å². The summed E-state index contributed by atoms with van der Waals surface area (Å²) in [4.78, 5) is 23.8. The summed E-state index contributed by atoms with van der Waals surface area (Å²) in [6, 6.07) is 10.9. The van der Waals surface area contributed by atoms with Gasteiger partial charge in [-0.2, -0.15) is 10.4 Å². The summed E-state index contributed by atoms with van der Waals surface area (Å²) in [7, 11) is 1.75. The van der Waals surface area contributed by atoms with Crippen molar-refractivity contribution in [1.82, 2.24) is 24.2 Å². The van der Waals surface area contributed by atoms with Crippen LogP contribution in [0.15, 0.2) is 35.3 Å². The van der Waals surface area contributed by atoms with Gasteiger partial charge in [-0.05, 0) is 45.9 Å². The molecule has 3 atom stereocenters. The fourth-order valence-electron chi connectivity index (χ4n) is 5.11. The summed E-state index contributed by atoms with van der Waals surface area (Å²) >= 11 is 1.78. The highest BCUT2D eigenvalue weighted by Crippen LogP contribution is 2.33. The highest BCUT2D eigenvalue weighted by atomic mass is 32.1. The van der Waals surface area contributed by atoms with Crippen LogP contribution in [0.2, 0.25) is 0 Å². The number of pyridine rings is 2. The normalized spacial score (nSPS) is 20.2. The highest BCUT2D eigenvalue weighted by Gasteiger charge is 2.34. The lowest BCUT2D eigenvalue weighted by atomic mass is 10.0. The average molecular weight is 476 g/mol. The van der Waals surface area contributed by atoms with E-state index in [2.05, 4.69) is 66.9 Å². The maximum absolute atomic E-state index is 12.7. The van der Waals surface area contributed by atoms with Crippen molar-refractivity contribution < 1.29 is 0 Å². The molecular weight excluding hydrogens is 446 g/mol. The monoisotopic (exact) mass is 475 g/mol. The molecule has 1 saturated heterocycles. The Bertz CT molecular complexity index is 1480. The molecule has 5 rings (SSSR count). The lowest BCUT2D eigenvalue weighted by Crippen LogP contribution is -2.57. The molecule has 0 radical (unpaired) electrons. The van der Waals surface area contributed by atoms with Gasteiger partial charge in [0.1, 0.15) is 12.1 Å². The summed E-state index contributed by atoms with van der Waals surface area (Å²) in [6.45, 7) is 10.6. The number of aryl methyl sites for hydroxylation is 2. The minimum atomic E-state index is -0.0711. The molecule has 1 aliphatic rings. The number of aromatic nitrogens is 4. The van der Waals surface area contributed by atoms with E-state index in [4.69, 9.17) is 10.2 Å². The van der Waals surface area contributed by atoms with E-state index in [1.165, 1.54) is 9.58 Å². The van der Waals surface area contributed by atoms with Gasteiger partial charge in [0.15, 0.2) is 0 Å². The van der Waals surface area contributed by atoms with Crippen LogP contribution in [-0.4, -0.2) is 49.4 Å². The number of nitrogens with zero attached hydrogens (tertiary/aromatic N) is 7. The number of hydrogen-bond donors (Lipinski definition) is 0. The Hall–Kier alpha value is -3.22. The SMILES string of the molecule is Cc1cc2nc([C@H](C)N3C[C@H](C)N(c4cc(=O)n(C)c5cn(CC#N)nc45)C[C@H]3C)ccc2s1. The molecule has 0 aromatic carbocycles. The number of rotatable bonds is 4. The van der Waals surface area contributed by atoms with Crippen LogP contribution < -0.4 is 10.5 Å². The molecule has 0 amide bonds. The molecule has 4 aromatic rings. The molecule has 4 aromatic heterocycles. The Morgan fingerprint density at radius 3 is 2.79 bits per heavy atom. The predicted molar refractivity (Wildman–Crippen MR) is 136 cm³/mol. The van der Waals surface area contributed by atoms with E-state index in [1.54, 1.807) is 39.9 Å². The van der Waals surface area contributed by atoms with Gasteiger partial charge < -0.3 is 9.47 Å². The highest BCUT2D eigenvalue weighted by molar-refractivity contribution is 7.18. The van der Waals surface area contributed by atoms with Crippen molar-refractivity contribution in [1.29, 1.82) is 5.26 Å². The summed E-state index contributed by atoms with van der Waals surface area (Å²) in [5.41, 5.74) is 4.44. The molecule has 0 unspecified atom stereocenters. The quantitative estimate of drug-likeness (QED) is 0.446. The third-order valence-corrected chi connectivity index (χ3v) is 7.96. The number of fused-ring (bicyclic) bond motifs is 2. The second kappa shape index (κ2) is 8.53. The molecule has 5 heterocycles. The first-order valence-corrected chi connectivity index (χ1v) is 12.4. The maximum Gasteiger partial charge on any atom is 0.252 e. The summed E-state index contributed by atoms with van der Waals surface area (Å²) in [5.74, 6) is 0. The van der Waals surface area contributed by atoms with Crippen LogP contribution in [0.25, 0.3) is 21.3 Å². The molecule has 1 aliphatic heterocycles. The first-order chi connectivity index (χ1) is 16.3. The zero-order valence-electron chi connectivity index (χ0n) is 20.2. The molecule has 0 N–H and O–H groups in total. The number of thiophene rings is 1. The van der Waals surface area contributed by atoms with E-state index in [-0.39, 0.29) is 30.2 Å². The van der Waals surface area contributed by atoms with E-state index in [1.807, 2.05) is 0 Å². The van der Waals surface area contributed by atoms with E-state index in [0.29, 0.717) is 0 Å².